The molecule has 21 heavy (non-hydrogen) atoms. The van der Waals surface area contributed by atoms with E-state index in [4.69, 9.17) is 11.6 Å². The zero-order valence-corrected chi connectivity index (χ0v) is 14.2. The number of hydrogen-bond donors (Lipinski definition) is 2. The van der Waals surface area contributed by atoms with Crippen LogP contribution in [0.5, 0.6) is 5.75 Å². The van der Waals surface area contributed by atoms with Crippen LogP contribution in [0.15, 0.2) is 42.5 Å². The van der Waals surface area contributed by atoms with Gasteiger partial charge in [0.1, 0.15) is 5.75 Å². The minimum absolute atomic E-state index is 0.0220. The predicted octanol–water partition coefficient (Wildman–Crippen LogP) is 4.42. The number of halogens is 2. The third-order valence-corrected chi connectivity index (χ3v) is 3.93. The van der Waals surface area contributed by atoms with E-state index >= 15 is 0 Å². The van der Waals surface area contributed by atoms with E-state index in [-0.39, 0.29) is 17.2 Å². The summed E-state index contributed by atoms with van der Waals surface area (Å²) in [6.45, 7) is 0. The van der Waals surface area contributed by atoms with Crippen LogP contribution in [0.1, 0.15) is 22.3 Å². The Bertz CT molecular complexity index is 646. The van der Waals surface area contributed by atoms with Crippen molar-refractivity contribution >= 4 is 45.8 Å². The summed E-state index contributed by atoms with van der Waals surface area (Å²) in [5.74, 6) is 0.277. The monoisotopic (exact) mass is 415 g/mol. The number of rotatable bonds is 5. The first-order valence-corrected chi connectivity index (χ1v) is 8.16. The zero-order valence-electron chi connectivity index (χ0n) is 11.3. The summed E-state index contributed by atoms with van der Waals surface area (Å²) in [5, 5.41) is 12.6. The first kappa shape index (κ1) is 16.1. The van der Waals surface area contributed by atoms with Gasteiger partial charge in [0.25, 0.3) is 5.91 Å². The number of aromatic hydroxyl groups is 1. The molecule has 0 aliphatic carbocycles. The predicted molar refractivity (Wildman–Crippen MR) is 94.3 cm³/mol. The highest BCUT2D eigenvalue weighted by atomic mass is 127. The van der Waals surface area contributed by atoms with E-state index in [1.54, 1.807) is 12.1 Å². The molecule has 0 saturated carbocycles. The largest absolute Gasteiger partial charge is 0.507 e. The molecule has 0 aromatic heterocycles. The Balaban J connectivity index is 2.14. The van der Waals surface area contributed by atoms with Gasteiger partial charge < -0.3 is 10.4 Å². The summed E-state index contributed by atoms with van der Waals surface area (Å²) in [7, 11) is 0. The maximum Gasteiger partial charge on any atom is 0.259 e. The molecule has 0 aliphatic rings. The second kappa shape index (κ2) is 7.66. The normalized spacial score (nSPS) is 10.4. The number of benzene rings is 2. The number of phenols is 1. The SMILES string of the molecule is O=C(Nc1cccc(CCCCl)c1)c1cc(I)ccc1O. The van der Waals surface area contributed by atoms with E-state index < -0.39 is 0 Å². The zero-order chi connectivity index (χ0) is 15.2. The summed E-state index contributed by atoms with van der Waals surface area (Å²) in [6.07, 6.45) is 1.78. The van der Waals surface area contributed by atoms with Crippen LogP contribution >= 0.6 is 34.2 Å². The van der Waals surface area contributed by atoms with Crippen LogP contribution in [0.4, 0.5) is 5.69 Å². The van der Waals surface area contributed by atoms with Crippen molar-refractivity contribution in [2.45, 2.75) is 12.8 Å². The van der Waals surface area contributed by atoms with E-state index in [2.05, 4.69) is 27.9 Å². The Kier molecular flexibility index (Phi) is 5.87. The maximum atomic E-state index is 12.2. The smallest absolute Gasteiger partial charge is 0.259 e. The lowest BCUT2D eigenvalue weighted by Gasteiger charge is -2.09. The average molecular weight is 416 g/mol. The molecule has 1 amide bonds. The van der Waals surface area contributed by atoms with Crippen molar-refractivity contribution in [1.82, 2.24) is 0 Å². The third-order valence-electron chi connectivity index (χ3n) is 2.99. The fourth-order valence-corrected chi connectivity index (χ4v) is 2.59. The molecule has 3 nitrogen and oxygen atoms in total. The Morgan fingerprint density at radius 1 is 1.24 bits per heavy atom. The van der Waals surface area contributed by atoms with Gasteiger partial charge in [-0.25, -0.2) is 0 Å². The highest BCUT2D eigenvalue weighted by Gasteiger charge is 2.12. The lowest BCUT2D eigenvalue weighted by Crippen LogP contribution is -2.12. The number of phenolic OH excluding ortho intramolecular Hbond substituents is 1. The molecule has 0 fully saturated rings. The molecule has 2 N–H and O–H groups in total. The minimum Gasteiger partial charge on any atom is -0.507 e. The first-order valence-electron chi connectivity index (χ1n) is 6.55. The van der Waals surface area contributed by atoms with Gasteiger partial charge in [0, 0.05) is 15.1 Å². The lowest BCUT2D eigenvalue weighted by molar-refractivity contribution is 0.102. The van der Waals surface area contributed by atoms with Crippen molar-refractivity contribution in [2.75, 3.05) is 11.2 Å². The van der Waals surface area contributed by atoms with Crippen molar-refractivity contribution in [1.29, 1.82) is 0 Å². The molecule has 0 aliphatic heterocycles. The van der Waals surface area contributed by atoms with Crippen LogP contribution in [0.25, 0.3) is 0 Å². The van der Waals surface area contributed by atoms with E-state index in [0.717, 1.165) is 22.0 Å². The number of amides is 1. The fraction of sp³-hybridized carbons (Fsp3) is 0.188. The standard InChI is InChI=1S/C16H15ClINO2/c17-8-2-4-11-3-1-5-13(9-11)19-16(21)14-10-12(18)6-7-15(14)20/h1,3,5-7,9-10,20H,2,4,8H2,(H,19,21). The molecule has 0 saturated heterocycles. The van der Waals surface area contributed by atoms with Crippen LogP contribution in [-0.2, 0) is 6.42 Å². The number of carbonyl (C=O) groups is 1. The van der Waals surface area contributed by atoms with Crippen molar-refractivity contribution in [3.05, 3.63) is 57.2 Å². The van der Waals surface area contributed by atoms with Crippen molar-refractivity contribution in [3.8, 4) is 5.75 Å². The Morgan fingerprint density at radius 2 is 2.05 bits per heavy atom. The molecular weight excluding hydrogens is 401 g/mol. The van der Waals surface area contributed by atoms with Gasteiger partial charge in [-0.3, -0.25) is 4.79 Å². The summed E-state index contributed by atoms with van der Waals surface area (Å²) < 4.78 is 0.895. The molecule has 0 unspecified atom stereocenters. The van der Waals surface area contributed by atoms with Gasteiger partial charge in [-0.1, -0.05) is 12.1 Å². The number of anilines is 1. The average Bonchev–Trinajstić information content (AvgIpc) is 2.48. The van der Waals surface area contributed by atoms with Crippen molar-refractivity contribution in [2.24, 2.45) is 0 Å². The summed E-state index contributed by atoms with van der Waals surface area (Å²) >= 11 is 7.79. The number of nitrogens with one attached hydrogen (secondary N) is 1. The molecule has 0 radical (unpaired) electrons. The number of hydrogen-bond acceptors (Lipinski definition) is 2. The van der Waals surface area contributed by atoms with Crippen molar-refractivity contribution < 1.29 is 9.90 Å². The van der Waals surface area contributed by atoms with Gasteiger partial charge in [-0.15, -0.1) is 11.6 Å². The van der Waals surface area contributed by atoms with E-state index in [9.17, 15) is 9.90 Å². The molecule has 2 aromatic rings. The highest BCUT2D eigenvalue weighted by molar-refractivity contribution is 14.1. The minimum atomic E-state index is -0.319. The van der Waals surface area contributed by atoms with Gasteiger partial charge in [0.2, 0.25) is 0 Å². The number of aryl methyl sites for hydroxylation is 1. The van der Waals surface area contributed by atoms with Crippen molar-refractivity contribution in [3.63, 3.8) is 0 Å². The van der Waals surface area contributed by atoms with Gasteiger partial charge in [-0.05, 0) is 71.3 Å². The van der Waals surface area contributed by atoms with E-state index in [0.29, 0.717) is 11.6 Å². The van der Waals surface area contributed by atoms with Gasteiger partial charge in [0.05, 0.1) is 5.56 Å². The van der Waals surface area contributed by atoms with Crippen LogP contribution in [0, 0.1) is 3.57 Å². The molecule has 2 aromatic carbocycles. The molecule has 5 heteroatoms. The molecule has 0 atom stereocenters. The van der Waals surface area contributed by atoms with Crippen LogP contribution in [-0.4, -0.2) is 16.9 Å². The second-order valence-corrected chi connectivity index (χ2v) is 6.23. The second-order valence-electron chi connectivity index (χ2n) is 4.61. The number of alkyl halides is 1. The Morgan fingerprint density at radius 3 is 2.81 bits per heavy atom. The molecular formula is C16H15ClINO2. The molecule has 0 heterocycles. The Hall–Kier alpha value is -1.27. The molecule has 110 valence electrons. The van der Waals surface area contributed by atoms with Crippen LogP contribution in [0.3, 0.4) is 0 Å². The quantitative estimate of drug-likeness (QED) is 0.561. The van der Waals surface area contributed by atoms with Gasteiger partial charge in [0.15, 0.2) is 0 Å². The topological polar surface area (TPSA) is 49.3 Å². The molecule has 0 spiro atoms. The van der Waals surface area contributed by atoms with Crippen LogP contribution in [0.2, 0.25) is 0 Å². The van der Waals surface area contributed by atoms with E-state index in [1.807, 2.05) is 24.3 Å². The summed E-state index contributed by atoms with van der Waals surface area (Å²) in [6, 6.07) is 12.6. The Labute approximate surface area is 142 Å². The fourth-order valence-electron chi connectivity index (χ4n) is 1.96. The maximum absolute atomic E-state index is 12.2. The third kappa shape index (κ3) is 4.61. The van der Waals surface area contributed by atoms with Gasteiger partial charge in [-0.2, -0.15) is 0 Å². The molecule has 0 bridgehead atoms. The highest BCUT2D eigenvalue weighted by Crippen LogP contribution is 2.21. The van der Waals surface area contributed by atoms with E-state index in [1.165, 1.54) is 6.07 Å². The first-order chi connectivity index (χ1) is 10.1. The summed E-state index contributed by atoms with van der Waals surface area (Å²) in [5.41, 5.74) is 2.11. The van der Waals surface area contributed by atoms with Crippen LogP contribution < -0.4 is 5.32 Å². The molecule has 2 rings (SSSR count). The lowest BCUT2D eigenvalue weighted by atomic mass is 10.1. The van der Waals surface area contributed by atoms with Gasteiger partial charge >= 0.3 is 0 Å². The number of carbonyl (C=O) groups excluding carboxylic acids is 1. The summed E-state index contributed by atoms with van der Waals surface area (Å²) in [4.78, 5) is 12.2.